The van der Waals surface area contributed by atoms with Gasteiger partial charge in [0.15, 0.2) is 5.82 Å². The SMILES string of the molecule is CC(CC(=O)O)c1ccc(NCc2ncnn2-c2ccccc2)cc1. The average Bonchev–Trinajstić information content (AvgIpc) is 3.09. The Bertz CT molecular complexity index is 828. The predicted octanol–water partition coefficient (Wildman–Crippen LogP) is 3.46. The molecule has 0 aliphatic heterocycles. The van der Waals surface area contributed by atoms with Crippen LogP contribution < -0.4 is 5.32 Å². The number of nitrogens with one attached hydrogen (secondary N) is 1. The lowest BCUT2D eigenvalue weighted by molar-refractivity contribution is -0.137. The molecule has 3 rings (SSSR count). The van der Waals surface area contributed by atoms with Crippen molar-refractivity contribution in [1.82, 2.24) is 14.8 Å². The van der Waals surface area contributed by atoms with Gasteiger partial charge in [0.05, 0.1) is 18.7 Å². The zero-order chi connectivity index (χ0) is 17.6. The summed E-state index contributed by atoms with van der Waals surface area (Å²) < 4.78 is 1.80. The minimum absolute atomic E-state index is 0.00673. The molecule has 0 radical (unpaired) electrons. The van der Waals surface area contributed by atoms with Crippen LogP contribution in [-0.4, -0.2) is 25.8 Å². The van der Waals surface area contributed by atoms with Gasteiger partial charge in [-0.05, 0) is 35.7 Å². The van der Waals surface area contributed by atoms with Crippen LogP contribution in [0, 0.1) is 0 Å². The Morgan fingerprint density at radius 3 is 2.56 bits per heavy atom. The number of anilines is 1. The molecular weight excluding hydrogens is 316 g/mol. The first kappa shape index (κ1) is 16.7. The third-order valence-electron chi connectivity index (χ3n) is 4.03. The maximum Gasteiger partial charge on any atom is 0.303 e. The molecule has 25 heavy (non-hydrogen) atoms. The Labute approximate surface area is 146 Å². The quantitative estimate of drug-likeness (QED) is 0.691. The van der Waals surface area contributed by atoms with Crippen molar-refractivity contribution >= 4 is 11.7 Å². The summed E-state index contributed by atoms with van der Waals surface area (Å²) in [6.07, 6.45) is 1.67. The Kier molecular flexibility index (Phi) is 5.09. The number of aromatic nitrogens is 3. The molecule has 128 valence electrons. The molecule has 0 bridgehead atoms. The lowest BCUT2D eigenvalue weighted by Crippen LogP contribution is -2.08. The van der Waals surface area contributed by atoms with Gasteiger partial charge >= 0.3 is 5.97 Å². The number of carboxylic acids is 1. The molecule has 0 spiro atoms. The summed E-state index contributed by atoms with van der Waals surface area (Å²) in [4.78, 5) is 15.1. The second kappa shape index (κ2) is 7.61. The van der Waals surface area contributed by atoms with Crippen LogP contribution in [0.4, 0.5) is 5.69 Å². The molecular formula is C19H20N4O2. The molecule has 0 fully saturated rings. The van der Waals surface area contributed by atoms with Crippen molar-refractivity contribution < 1.29 is 9.90 Å². The van der Waals surface area contributed by atoms with Gasteiger partial charge in [-0.1, -0.05) is 37.3 Å². The molecule has 6 nitrogen and oxygen atoms in total. The Balaban J connectivity index is 1.65. The fraction of sp³-hybridized carbons (Fsp3) is 0.211. The van der Waals surface area contributed by atoms with Crippen molar-refractivity contribution in [2.45, 2.75) is 25.8 Å². The molecule has 0 saturated carbocycles. The molecule has 6 heteroatoms. The van der Waals surface area contributed by atoms with Gasteiger partial charge in [-0.2, -0.15) is 5.10 Å². The second-order valence-electron chi connectivity index (χ2n) is 5.90. The van der Waals surface area contributed by atoms with Gasteiger partial charge in [0.2, 0.25) is 0 Å². The van der Waals surface area contributed by atoms with E-state index in [0.29, 0.717) is 6.54 Å². The molecule has 0 aliphatic carbocycles. The number of nitrogens with zero attached hydrogens (tertiary/aromatic N) is 3. The van der Waals surface area contributed by atoms with Crippen molar-refractivity contribution in [2.75, 3.05) is 5.32 Å². The summed E-state index contributed by atoms with van der Waals surface area (Å²) in [6, 6.07) is 17.7. The van der Waals surface area contributed by atoms with Gasteiger partial charge < -0.3 is 10.4 Å². The van der Waals surface area contributed by atoms with E-state index < -0.39 is 5.97 Å². The molecule has 2 aromatic carbocycles. The number of carboxylic acid groups (broad SMARTS) is 1. The standard InChI is InChI=1S/C19H20N4O2/c1-14(11-19(24)25)15-7-9-16(10-8-15)20-12-18-21-13-22-23(18)17-5-3-2-4-6-17/h2-10,13-14,20H,11-12H2,1H3,(H,24,25). The molecule has 0 aliphatic rings. The van der Waals surface area contributed by atoms with Gasteiger partial charge in [-0.15, -0.1) is 0 Å². The van der Waals surface area contributed by atoms with E-state index in [0.717, 1.165) is 22.8 Å². The lowest BCUT2D eigenvalue weighted by atomic mass is 9.98. The Morgan fingerprint density at radius 2 is 1.88 bits per heavy atom. The number of para-hydroxylation sites is 1. The highest BCUT2D eigenvalue weighted by molar-refractivity contribution is 5.68. The van der Waals surface area contributed by atoms with E-state index in [1.807, 2.05) is 61.5 Å². The summed E-state index contributed by atoms with van der Waals surface area (Å²) in [7, 11) is 0. The summed E-state index contributed by atoms with van der Waals surface area (Å²) in [5.74, 6) is 0.0252. The van der Waals surface area contributed by atoms with E-state index in [1.54, 1.807) is 11.0 Å². The molecule has 3 aromatic rings. The third kappa shape index (κ3) is 4.23. The first-order valence-corrected chi connectivity index (χ1v) is 8.13. The fourth-order valence-corrected chi connectivity index (χ4v) is 2.66. The van der Waals surface area contributed by atoms with Gasteiger partial charge in [-0.25, -0.2) is 9.67 Å². The minimum Gasteiger partial charge on any atom is -0.481 e. The molecule has 1 aromatic heterocycles. The highest BCUT2D eigenvalue weighted by atomic mass is 16.4. The van der Waals surface area contributed by atoms with E-state index >= 15 is 0 Å². The summed E-state index contributed by atoms with van der Waals surface area (Å²) >= 11 is 0. The van der Waals surface area contributed by atoms with Crippen LogP contribution in [0.15, 0.2) is 60.9 Å². The number of benzene rings is 2. The van der Waals surface area contributed by atoms with Crippen LogP contribution in [0.25, 0.3) is 5.69 Å². The average molecular weight is 336 g/mol. The molecule has 0 saturated heterocycles. The number of hydrogen-bond donors (Lipinski definition) is 2. The highest BCUT2D eigenvalue weighted by Gasteiger charge is 2.10. The van der Waals surface area contributed by atoms with Gasteiger partial charge in [-0.3, -0.25) is 4.79 Å². The number of rotatable bonds is 7. The predicted molar refractivity (Wildman–Crippen MR) is 95.8 cm³/mol. The van der Waals surface area contributed by atoms with Crippen LogP contribution in [0.3, 0.4) is 0 Å². The third-order valence-corrected chi connectivity index (χ3v) is 4.03. The van der Waals surface area contributed by atoms with E-state index in [4.69, 9.17) is 5.11 Å². The smallest absolute Gasteiger partial charge is 0.303 e. The molecule has 2 N–H and O–H groups in total. The van der Waals surface area contributed by atoms with Gasteiger partial charge in [0.25, 0.3) is 0 Å². The monoisotopic (exact) mass is 336 g/mol. The Hall–Kier alpha value is -3.15. The topological polar surface area (TPSA) is 80.0 Å². The molecule has 1 unspecified atom stereocenters. The minimum atomic E-state index is -0.782. The lowest BCUT2D eigenvalue weighted by Gasteiger charge is -2.11. The van der Waals surface area contributed by atoms with Crippen LogP contribution in [0.2, 0.25) is 0 Å². The van der Waals surface area contributed by atoms with Crippen molar-refractivity contribution in [3.05, 3.63) is 72.3 Å². The largest absolute Gasteiger partial charge is 0.481 e. The van der Waals surface area contributed by atoms with Crippen LogP contribution in [-0.2, 0) is 11.3 Å². The fourth-order valence-electron chi connectivity index (χ4n) is 2.66. The first-order valence-electron chi connectivity index (χ1n) is 8.13. The highest BCUT2D eigenvalue weighted by Crippen LogP contribution is 2.21. The van der Waals surface area contributed by atoms with Gasteiger partial charge in [0, 0.05) is 5.69 Å². The van der Waals surface area contributed by atoms with E-state index in [2.05, 4.69) is 15.4 Å². The zero-order valence-electron chi connectivity index (χ0n) is 14.0. The maximum atomic E-state index is 10.8. The molecule has 0 amide bonds. The number of aliphatic carboxylic acids is 1. The summed E-state index contributed by atoms with van der Waals surface area (Å²) in [6.45, 7) is 2.46. The van der Waals surface area contributed by atoms with Crippen LogP contribution >= 0.6 is 0 Å². The van der Waals surface area contributed by atoms with Crippen molar-refractivity contribution in [3.8, 4) is 5.69 Å². The molecule has 1 atom stereocenters. The normalized spacial score (nSPS) is 11.9. The van der Waals surface area contributed by atoms with Crippen molar-refractivity contribution in [2.24, 2.45) is 0 Å². The first-order chi connectivity index (χ1) is 12.1. The van der Waals surface area contributed by atoms with Crippen molar-refractivity contribution in [1.29, 1.82) is 0 Å². The van der Waals surface area contributed by atoms with E-state index in [1.165, 1.54) is 0 Å². The molecule has 1 heterocycles. The second-order valence-corrected chi connectivity index (χ2v) is 5.90. The van der Waals surface area contributed by atoms with E-state index in [-0.39, 0.29) is 12.3 Å². The summed E-state index contributed by atoms with van der Waals surface area (Å²) in [5, 5.41) is 16.5. The maximum absolute atomic E-state index is 10.8. The van der Waals surface area contributed by atoms with E-state index in [9.17, 15) is 4.79 Å². The summed E-state index contributed by atoms with van der Waals surface area (Å²) in [5.41, 5.74) is 2.93. The Morgan fingerprint density at radius 1 is 1.16 bits per heavy atom. The number of hydrogen-bond acceptors (Lipinski definition) is 4. The van der Waals surface area contributed by atoms with Crippen LogP contribution in [0.5, 0.6) is 0 Å². The zero-order valence-corrected chi connectivity index (χ0v) is 14.0. The number of carbonyl (C=O) groups is 1. The van der Waals surface area contributed by atoms with Crippen LogP contribution in [0.1, 0.15) is 30.7 Å². The van der Waals surface area contributed by atoms with Gasteiger partial charge in [0.1, 0.15) is 6.33 Å². The van der Waals surface area contributed by atoms with Crippen molar-refractivity contribution in [3.63, 3.8) is 0 Å².